The molecule has 1 N–H and O–H groups in total. The monoisotopic (exact) mass is 308 g/mol. The van der Waals surface area contributed by atoms with Gasteiger partial charge in [0.1, 0.15) is 0 Å². The summed E-state index contributed by atoms with van der Waals surface area (Å²) in [4.78, 5) is 26.0. The first kappa shape index (κ1) is 15.4. The first-order valence-corrected chi connectivity index (χ1v) is 7.86. The molecule has 4 nitrogen and oxygen atoms in total. The van der Waals surface area contributed by atoms with Gasteiger partial charge in [-0.25, -0.2) is 4.90 Å². The molecule has 1 aliphatic heterocycles. The third-order valence-electron chi connectivity index (χ3n) is 4.09. The molecule has 1 unspecified atom stereocenters. The van der Waals surface area contributed by atoms with Crippen LogP contribution in [0.1, 0.15) is 17.5 Å². The summed E-state index contributed by atoms with van der Waals surface area (Å²) in [5.41, 5.74) is 2.97. The molecule has 1 atom stereocenters. The van der Waals surface area contributed by atoms with E-state index in [0.29, 0.717) is 12.2 Å². The topological polar surface area (TPSA) is 49.4 Å². The number of anilines is 1. The highest BCUT2D eigenvalue weighted by molar-refractivity contribution is 6.22. The van der Waals surface area contributed by atoms with Crippen molar-refractivity contribution in [2.45, 2.75) is 25.8 Å². The van der Waals surface area contributed by atoms with Crippen molar-refractivity contribution in [3.63, 3.8) is 0 Å². The lowest BCUT2D eigenvalue weighted by Crippen LogP contribution is -2.39. The zero-order chi connectivity index (χ0) is 16.2. The van der Waals surface area contributed by atoms with Crippen molar-refractivity contribution in [3.05, 3.63) is 65.7 Å². The van der Waals surface area contributed by atoms with Gasteiger partial charge >= 0.3 is 0 Å². The number of carbonyl (C=O) groups is 2. The van der Waals surface area contributed by atoms with E-state index in [1.165, 1.54) is 10.5 Å². The van der Waals surface area contributed by atoms with Crippen molar-refractivity contribution >= 4 is 17.5 Å². The predicted molar refractivity (Wildman–Crippen MR) is 90.2 cm³/mol. The molecule has 2 aromatic carbocycles. The van der Waals surface area contributed by atoms with Gasteiger partial charge in [-0.2, -0.15) is 0 Å². The van der Waals surface area contributed by atoms with Gasteiger partial charge in [-0.1, -0.05) is 48.0 Å². The Labute approximate surface area is 136 Å². The van der Waals surface area contributed by atoms with Crippen molar-refractivity contribution in [3.8, 4) is 0 Å². The summed E-state index contributed by atoms with van der Waals surface area (Å²) >= 11 is 0. The zero-order valence-electron chi connectivity index (χ0n) is 13.2. The van der Waals surface area contributed by atoms with Crippen LogP contribution in [0.4, 0.5) is 5.69 Å². The van der Waals surface area contributed by atoms with E-state index in [4.69, 9.17) is 0 Å². The van der Waals surface area contributed by atoms with E-state index in [-0.39, 0.29) is 18.2 Å². The Kier molecular flexibility index (Phi) is 4.53. The first-order valence-electron chi connectivity index (χ1n) is 7.86. The Morgan fingerprint density at radius 1 is 1.04 bits per heavy atom. The highest BCUT2D eigenvalue weighted by atomic mass is 16.2. The second-order valence-electron chi connectivity index (χ2n) is 5.85. The minimum absolute atomic E-state index is 0.143. The van der Waals surface area contributed by atoms with Gasteiger partial charge in [-0.3, -0.25) is 9.59 Å². The maximum absolute atomic E-state index is 12.5. The molecule has 0 saturated carbocycles. The summed E-state index contributed by atoms with van der Waals surface area (Å²) in [5.74, 6) is -0.303. The Hall–Kier alpha value is -2.46. The number of hydrogen-bond donors (Lipinski definition) is 1. The average molecular weight is 308 g/mol. The maximum atomic E-state index is 12.5. The predicted octanol–water partition coefficient (Wildman–Crippen LogP) is 2.46. The fourth-order valence-electron chi connectivity index (χ4n) is 2.79. The fraction of sp³-hybridized carbons (Fsp3) is 0.263. The van der Waals surface area contributed by atoms with Gasteiger partial charge in [-0.15, -0.1) is 0 Å². The number of aryl methyl sites for hydroxylation is 1. The Morgan fingerprint density at radius 3 is 2.43 bits per heavy atom. The number of rotatable bonds is 5. The van der Waals surface area contributed by atoms with Gasteiger partial charge < -0.3 is 5.32 Å². The van der Waals surface area contributed by atoms with E-state index in [0.717, 1.165) is 12.0 Å². The molecule has 23 heavy (non-hydrogen) atoms. The fourth-order valence-corrected chi connectivity index (χ4v) is 2.79. The molecule has 0 spiro atoms. The zero-order valence-corrected chi connectivity index (χ0v) is 13.2. The number of benzene rings is 2. The maximum Gasteiger partial charge on any atom is 0.251 e. The number of nitrogens with zero attached hydrogens (tertiary/aromatic N) is 1. The minimum atomic E-state index is -0.424. The molecule has 0 radical (unpaired) electrons. The SMILES string of the molecule is Cc1ccc(N2C(=O)CC(NCCc3ccccc3)C2=O)cc1. The summed E-state index contributed by atoms with van der Waals surface area (Å²) in [6.45, 7) is 2.65. The Morgan fingerprint density at radius 2 is 1.74 bits per heavy atom. The molecule has 1 saturated heterocycles. The lowest BCUT2D eigenvalue weighted by molar-refractivity contribution is -0.121. The van der Waals surface area contributed by atoms with Crippen LogP contribution in [-0.4, -0.2) is 24.4 Å². The molecular formula is C19H20N2O2. The molecule has 2 amide bonds. The van der Waals surface area contributed by atoms with Crippen LogP contribution in [-0.2, 0) is 16.0 Å². The van der Waals surface area contributed by atoms with Gasteiger partial charge in [-0.05, 0) is 37.6 Å². The molecule has 4 heteroatoms. The van der Waals surface area contributed by atoms with Crippen LogP contribution in [0, 0.1) is 6.92 Å². The van der Waals surface area contributed by atoms with Gasteiger partial charge in [0.2, 0.25) is 5.91 Å². The number of nitrogens with one attached hydrogen (secondary N) is 1. The van der Waals surface area contributed by atoms with Crippen LogP contribution >= 0.6 is 0 Å². The molecule has 0 aromatic heterocycles. The van der Waals surface area contributed by atoms with Crippen molar-refractivity contribution in [2.75, 3.05) is 11.4 Å². The number of carbonyl (C=O) groups excluding carboxylic acids is 2. The van der Waals surface area contributed by atoms with Crippen molar-refractivity contribution in [1.82, 2.24) is 5.32 Å². The smallest absolute Gasteiger partial charge is 0.251 e. The van der Waals surface area contributed by atoms with E-state index in [9.17, 15) is 9.59 Å². The lowest BCUT2D eigenvalue weighted by atomic mass is 10.1. The molecule has 118 valence electrons. The standard InChI is InChI=1S/C19H20N2O2/c1-14-7-9-16(10-8-14)21-18(22)13-17(19(21)23)20-12-11-15-5-3-2-4-6-15/h2-10,17,20H,11-13H2,1H3. The average Bonchev–Trinajstić information content (AvgIpc) is 2.84. The van der Waals surface area contributed by atoms with E-state index < -0.39 is 6.04 Å². The lowest BCUT2D eigenvalue weighted by Gasteiger charge is -2.15. The minimum Gasteiger partial charge on any atom is -0.305 e. The summed E-state index contributed by atoms with van der Waals surface area (Å²) < 4.78 is 0. The largest absolute Gasteiger partial charge is 0.305 e. The second kappa shape index (κ2) is 6.75. The van der Waals surface area contributed by atoms with Crippen molar-refractivity contribution in [1.29, 1.82) is 0 Å². The Bertz CT molecular complexity index is 695. The first-order chi connectivity index (χ1) is 11.1. The summed E-state index contributed by atoms with van der Waals surface area (Å²) in [6.07, 6.45) is 1.06. The molecule has 0 aliphatic carbocycles. The van der Waals surface area contributed by atoms with Gasteiger partial charge in [0.15, 0.2) is 0 Å². The van der Waals surface area contributed by atoms with Crippen molar-refractivity contribution < 1.29 is 9.59 Å². The normalized spacial score (nSPS) is 17.8. The molecule has 1 fully saturated rings. The summed E-state index contributed by atoms with van der Waals surface area (Å²) in [7, 11) is 0. The molecular weight excluding hydrogens is 288 g/mol. The molecule has 2 aromatic rings. The van der Waals surface area contributed by atoms with Crippen LogP contribution in [0.25, 0.3) is 0 Å². The van der Waals surface area contributed by atoms with Gasteiger partial charge in [0.25, 0.3) is 5.91 Å². The van der Waals surface area contributed by atoms with Crippen molar-refractivity contribution in [2.24, 2.45) is 0 Å². The molecule has 0 bridgehead atoms. The summed E-state index contributed by atoms with van der Waals surface area (Å²) in [5, 5.41) is 3.21. The number of imide groups is 1. The van der Waals surface area contributed by atoms with Crippen LogP contribution in [0.5, 0.6) is 0 Å². The van der Waals surface area contributed by atoms with E-state index >= 15 is 0 Å². The quantitative estimate of drug-likeness (QED) is 0.863. The number of hydrogen-bond acceptors (Lipinski definition) is 3. The van der Waals surface area contributed by atoms with Crippen LogP contribution in [0.15, 0.2) is 54.6 Å². The van der Waals surface area contributed by atoms with Gasteiger partial charge in [0, 0.05) is 0 Å². The van der Waals surface area contributed by atoms with Crippen LogP contribution in [0.2, 0.25) is 0 Å². The third-order valence-corrected chi connectivity index (χ3v) is 4.09. The van der Waals surface area contributed by atoms with Crippen LogP contribution < -0.4 is 10.2 Å². The van der Waals surface area contributed by atoms with E-state index in [1.54, 1.807) is 0 Å². The second-order valence-corrected chi connectivity index (χ2v) is 5.85. The molecule has 1 aliphatic rings. The van der Waals surface area contributed by atoms with Gasteiger partial charge in [0.05, 0.1) is 18.2 Å². The molecule has 1 heterocycles. The third kappa shape index (κ3) is 3.48. The highest BCUT2D eigenvalue weighted by Crippen LogP contribution is 2.23. The molecule has 3 rings (SSSR count). The van der Waals surface area contributed by atoms with Crippen LogP contribution in [0.3, 0.4) is 0 Å². The Balaban J connectivity index is 1.61. The highest BCUT2D eigenvalue weighted by Gasteiger charge is 2.38. The number of amides is 2. The van der Waals surface area contributed by atoms with E-state index in [2.05, 4.69) is 17.4 Å². The summed E-state index contributed by atoms with van der Waals surface area (Å²) in [6, 6.07) is 17.1. The van der Waals surface area contributed by atoms with E-state index in [1.807, 2.05) is 49.4 Å².